The van der Waals surface area contributed by atoms with Crippen LogP contribution in [0.15, 0.2) is 0 Å². The Morgan fingerprint density at radius 1 is 1.22 bits per heavy atom. The van der Waals surface area contributed by atoms with E-state index in [0.29, 0.717) is 5.54 Å². The SMILES string of the molecule is COCCN1CCN(C2CCNC(C)(C)C2)CC1. The summed E-state index contributed by atoms with van der Waals surface area (Å²) in [5.41, 5.74) is 0.316. The third kappa shape index (κ3) is 3.92. The highest BCUT2D eigenvalue weighted by Gasteiger charge is 2.32. The Hall–Kier alpha value is -0.160. The minimum absolute atomic E-state index is 0.316. The van der Waals surface area contributed by atoms with Gasteiger partial charge in [0.25, 0.3) is 0 Å². The molecule has 0 aliphatic carbocycles. The molecule has 1 atom stereocenters. The zero-order valence-electron chi connectivity index (χ0n) is 12.2. The van der Waals surface area contributed by atoms with Gasteiger partial charge < -0.3 is 10.1 Å². The van der Waals surface area contributed by atoms with Crippen molar-refractivity contribution in [3.05, 3.63) is 0 Å². The van der Waals surface area contributed by atoms with Gasteiger partial charge in [-0.05, 0) is 33.2 Å². The van der Waals surface area contributed by atoms with Crippen LogP contribution in [-0.4, -0.2) is 74.4 Å². The van der Waals surface area contributed by atoms with Crippen LogP contribution in [0.3, 0.4) is 0 Å². The maximum atomic E-state index is 5.15. The Kier molecular flexibility index (Phi) is 5.01. The van der Waals surface area contributed by atoms with Crippen LogP contribution in [0.2, 0.25) is 0 Å². The van der Waals surface area contributed by atoms with E-state index in [9.17, 15) is 0 Å². The van der Waals surface area contributed by atoms with Gasteiger partial charge in [-0.15, -0.1) is 0 Å². The Balaban J connectivity index is 1.75. The molecule has 0 aromatic carbocycles. The van der Waals surface area contributed by atoms with Crippen LogP contribution in [-0.2, 0) is 4.74 Å². The fourth-order valence-electron chi connectivity index (χ4n) is 3.22. The maximum Gasteiger partial charge on any atom is 0.0589 e. The van der Waals surface area contributed by atoms with E-state index in [0.717, 1.165) is 19.2 Å². The summed E-state index contributed by atoms with van der Waals surface area (Å²) in [6.45, 7) is 12.6. The van der Waals surface area contributed by atoms with Crippen molar-refractivity contribution in [2.24, 2.45) is 0 Å². The van der Waals surface area contributed by atoms with Gasteiger partial charge in [0.1, 0.15) is 0 Å². The zero-order chi connectivity index (χ0) is 13.0. The molecule has 0 bridgehead atoms. The molecule has 2 rings (SSSR count). The molecule has 2 aliphatic heterocycles. The van der Waals surface area contributed by atoms with Crippen molar-refractivity contribution in [1.82, 2.24) is 15.1 Å². The second-order valence-electron chi connectivity index (χ2n) is 6.33. The number of piperidine rings is 1. The minimum atomic E-state index is 0.316. The topological polar surface area (TPSA) is 27.7 Å². The first-order chi connectivity index (χ1) is 8.61. The van der Waals surface area contributed by atoms with Crippen LogP contribution in [0.1, 0.15) is 26.7 Å². The van der Waals surface area contributed by atoms with E-state index >= 15 is 0 Å². The molecule has 0 amide bonds. The number of ether oxygens (including phenoxy) is 1. The average molecular weight is 255 g/mol. The van der Waals surface area contributed by atoms with Gasteiger partial charge >= 0.3 is 0 Å². The van der Waals surface area contributed by atoms with Gasteiger partial charge in [0.2, 0.25) is 0 Å². The van der Waals surface area contributed by atoms with Crippen molar-refractivity contribution >= 4 is 0 Å². The molecule has 0 spiro atoms. The standard InChI is InChI=1S/C14H29N3O/c1-14(2)12-13(4-5-15-14)17-8-6-16(7-9-17)10-11-18-3/h13,15H,4-12H2,1-3H3. The lowest BCUT2D eigenvalue weighted by atomic mass is 9.88. The Morgan fingerprint density at radius 3 is 2.56 bits per heavy atom. The Labute approximate surface area is 112 Å². The molecule has 1 unspecified atom stereocenters. The first-order valence-corrected chi connectivity index (χ1v) is 7.31. The molecule has 2 saturated heterocycles. The van der Waals surface area contributed by atoms with E-state index in [1.807, 2.05) is 0 Å². The molecule has 2 fully saturated rings. The molecule has 18 heavy (non-hydrogen) atoms. The van der Waals surface area contributed by atoms with Gasteiger partial charge in [-0.25, -0.2) is 0 Å². The summed E-state index contributed by atoms with van der Waals surface area (Å²) in [4.78, 5) is 5.22. The predicted octanol–water partition coefficient (Wildman–Crippen LogP) is 0.781. The summed E-state index contributed by atoms with van der Waals surface area (Å²) in [6, 6.07) is 0.783. The molecule has 1 N–H and O–H groups in total. The fraction of sp³-hybridized carbons (Fsp3) is 1.00. The van der Waals surface area contributed by atoms with E-state index in [4.69, 9.17) is 4.74 Å². The van der Waals surface area contributed by atoms with Gasteiger partial charge in [-0.3, -0.25) is 9.80 Å². The average Bonchev–Trinajstić information content (AvgIpc) is 2.36. The molecule has 0 radical (unpaired) electrons. The molecule has 0 aromatic heterocycles. The van der Waals surface area contributed by atoms with E-state index in [-0.39, 0.29) is 0 Å². The molecule has 2 aliphatic rings. The van der Waals surface area contributed by atoms with Crippen LogP contribution in [0.4, 0.5) is 0 Å². The summed E-state index contributed by atoms with van der Waals surface area (Å²) in [5.74, 6) is 0. The van der Waals surface area contributed by atoms with Gasteiger partial charge in [-0.1, -0.05) is 0 Å². The largest absolute Gasteiger partial charge is 0.383 e. The molecular weight excluding hydrogens is 226 g/mol. The molecule has 106 valence electrons. The number of methoxy groups -OCH3 is 1. The van der Waals surface area contributed by atoms with Crippen molar-refractivity contribution in [3.63, 3.8) is 0 Å². The minimum Gasteiger partial charge on any atom is -0.383 e. The lowest BCUT2D eigenvalue weighted by molar-refractivity contribution is 0.0509. The van der Waals surface area contributed by atoms with Gasteiger partial charge in [0, 0.05) is 51.4 Å². The highest BCUT2D eigenvalue weighted by Crippen LogP contribution is 2.23. The van der Waals surface area contributed by atoms with E-state index in [1.54, 1.807) is 7.11 Å². The van der Waals surface area contributed by atoms with Crippen LogP contribution < -0.4 is 5.32 Å². The van der Waals surface area contributed by atoms with Crippen molar-refractivity contribution in [1.29, 1.82) is 0 Å². The maximum absolute atomic E-state index is 5.15. The van der Waals surface area contributed by atoms with Gasteiger partial charge in [0.05, 0.1) is 6.61 Å². The number of hydrogen-bond acceptors (Lipinski definition) is 4. The first kappa shape index (κ1) is 14.3. The molecule has 0 saturated carbocycles. The highest BCUT2D eigenvalue weighted by atomic mass is 16.5. The quantitative estimate of drug-likeness (QED) is 0.803. The Morgan fingerprint density at radius 2 is 1.94 bits per heavy atom. The number of nitrogens with zero attached hydrogens (tertiary/aromatic N) is 2. The molecule has 2 heterocycles. The van der Waals surface area contributed by atoms with Crippen molar-refractivity contribution in [2.75, 3.05) is 53.0 Å². The number of hydrogen-bond donors (Lipinski definition) is 1. The van der Waals surface area contributed by atoms with Crippen LogP contribution in [0.5, 0.6) is 0 Å². The second kappa shape index (κ2) is 6.33. The molecule has 4 nitrogen and oxygen atoms in total. The van der Waals surface area contributed by atoms with E-state index < -0.39 is 0 Å². The normalized spacial score (nSPS) is 30.5. The molecule has 0 aromatic rings. The van der Waals surface area contributed by atoms with E-state index in [1.165, 1.54) is 45.6 Å². The third-order valence-corrected chi connectivity index (χ3v) is 4.36. The number of nitrogens with one attached hydrogen (secondary N) is 1. The Bertz CT molecular complexity index is 249. The number of piperazine rings is 1. The summed E-state index contributed by atoms with van der Waals surface area (Å²) >= 11 is 0. The summed E-state index contributed by atoms with van der Waals surface area (Å²) in [7, 11) is 1.79. The lowest BCUT2D eigenvalue weighted by Gasteiger charge is -2.45. The van der Waals surface area contributed by atoms with Crippen LogP contribution >= 0.6 is 0 Å². The van der Waals surface area contributed by atoms with E-state index in [2.05, 4.69) is 29.0 Å². The predicted molar refractivity (Wildman–Crippen MR) is 75.0 cm³/mol. The lowest BCUT2D eigenvalue weighted by Crippen LogP contribution is -2.57. The molecular formula is C14H29N3O. The summed E-state index contributed by atoms with van der Waals surface area (Å²) < 4.78 is 5.15. The van der Waals surface area contributed by atoms with Gasteiger partial charge in [-0.2, -0.15) is 0 Å². The van der Waals surface area contributed by atoms with Crippen molar-refractivity contribution in [3.8, 4) is 0 Å². The smallest absolute Gasteiger partial charge is 0.0589 e. The highest BCUT2D eigenvalue weighted by molar-refractivity contribution is 4.91. The van der Waals surface area contributed by atoms with Crippen LogP contribution in [0, 0.1) is 0 Å². The second-order valence-corrected chi connectivity index (χ2v) is 6.33. The van der Waals surface area contributed by atoms with Crippen LogP contribution in [0.25, 0.3) is 0 Å². The zero-order valence-corrected chi connectivity index (χ0v) is 12.2. The summed E-state index contributed by atoms with van der Waals surface area (Å²) in [5, 5.41) is 3.61. The first-order valence-electron chi connectivity index (χ1n) is 7.31. The summed E-state index contributed by atoms with van der Waals surface area (Å²) in [6.07, 6.45) is 2.59. The molecule has 4 heteroatoms. The van der Waals surface area contributed by atoms with Gasteiger partial charge in [0.15, 0.2) is 0 Å². The van der Waals surface area contributed by atoms with Crippen molar-refractivity contribution in [2.45, 2.75) is 38.3 Å². The third-order valence-electron chi connectivity index (χ3n) is 4.36. The monoisotopic (exact) mass is 255 g/mol. The van der Waals surface area contributed by atoms with Crippen molar-refractivity contribution < 1.29 is 4.74 Å². The fourth-order valence-corrected chi connectivity index (χ4v) is 3.22. The number of rotatable bonds is 4.